The van der Waals surface area contributed by atoms with Gasteiger partial charge in [0.2, 0.25) is 5.91 Å². The number of hydrogen-bond donors (Lipinski definition) is 1. The number of amides is 2. The van der Waals surface area contributed by atoms with Crippen molar-refractivity contribution < 1.29 is 14.0 Å². The zero-order chi connectivity index (χ0) is 19.3. The highest BCUT2D eigenvalue weighted by Crippen LogP contribution is 2.10. The van der Waals surface area contributed by atoms with E-state index in [1.165, 1.54) is 35.6 Å². The smallest absolute Gasteiger partial charge is 0.279 e. The molecule has 0 atom stereocenters. The van der Waals surface area contributed by atoms with Crippen molar-refractivity contribution in [3.8, 4) is 0 Å². The second-order valence-electron chi connectivity index (χ2n) is 6.19. The number of carbonyl (C=O) groups excluding carboxylic acids is 2. The Hall–Kier alpha value is -2.32. The Labute approximate surface area is 156 Å². The molecule has 0 aliphatic rings. The van der Waals surface area contributed by atoms with Crippen LogP contribution in [0.5, 0.6) is 0 Å². The third kappa shape index (κ3) is 5.34. The van der Waals surface area contributed by atoms with E-state index in [2.05, 4.69) is 10.3 Å². The second-order valence-corrected chi connectivity index (χ2v) is 7.37. The lowest BCUT2D eigenvalue weighted by molar-refractivity contribution is -0.121. The normalized spacial score (nSPS) is 11.8. The van der Waals surface area contributed by atoms with Gasteiger partial charge in [-0.2, -0.15) is 4.99 Å². The zero-order valence-electron chi connectivity index (χ0n) is 15.4. The van der Waals surface area contributed by atoms with Gasteiger partial charge in [0, 0.05) is 29.2 Å². The van der Waals surface area contributed by atoms with Crippen molar-refractivity contribution >= 4 is 23.2 Å². The van der Waals surface area contributed by atoms with Crippen molar-refractivity contribution in [2.45, 2.75) is 20.4 Å². The number of carbonyl (C=O) groups is 2. The summed E-state index contributed by atoms with van der Waals surface area (Å²) in [5.74, 6) is -1.01. The minimum atomic E-state index is -0.465. The van der Waals surface area contributed by atoms with Crippen LogP contribution in [0.15, 0.2) is 29.3 Å². The zero-order valence-corrected chi connectivity index (χ0v) is 16.2. The van der Waals surface area contributed by atoms with Crippen LogP contribution >= 0.6 is 11.3 Å². The van der Waals surface area contributed by atoms with Gasteiger partial charge in [0.15, 0.2) is 4.80 Å². The molecular formula is C18H23FN4O2S. The molecule has 1 aromatic heterocycles. The topological polar surface area (TPSA) is 66.7 Å². The molecule has 6 nitrogen and oxygen atoms in total. The third-order valence-electron chi connectivity index (χ3n) is 3.86. The van der Waals surface area contributed by atoms with E-state index in [1.807, 2.05) is 32.8 Å². The molecule has 8 heteroatoms. The Bertz CT molecular complexity index is 853. The molecule has 2 aromatic rings. The fourth-order valence-corrected chi connectivity index (χ4v) is 3.20. The van der Waals surface area contributed by atoms with E-state index >= 15 is 0 Å². The molecule has 2 amide bonds. The van der Waals surface area contributed by atoms with Gasteiger partial charge in [0.1, 0.15) is 12.4 Å². The maximum absolute atomic E-state index is 13.0. The molecule has 140 valence electrons. The number of nitrogens with zero attached hydrogens (tertiary/aromatic N) is 3. The van der Waals surface area contributed by atoms with E-state index in [9.17, 15) is 14.0 Å². The van der Waals surface area contributed by atoms with E-state index in [-0.39, 0.29) is 12.5 Å². The van der Waals surface area contributed by atoms with Gasteiger partial charge in [0.05, 0.1) is 0 Å². The lowest BCUT2D eigenvalue weighted by Gasteiger charge is -2.11. The van der Waals surface area contributed by atoms with Crippen LogP contribution in [0.2, 0.25) is 0 Å². The monoisotopic (exact) mass is 378 g/mol. The summed E-state index contributed by atoms with van der Waals surface area (Å²) in [6.07, 6.45) is 0. The summed E-state index contributed by atoms with van der Waals surface area (Å²) in [5, 5.41) is 2.85. The summed E-state index contributed by atoms with van der Waals surface area (Å²) in [6, 6.07) is 5.24. The number of aryl methyl sites for hydroxylation is 1. The fourth-order valence-electron chi connectivity index (χ4n) is 2.23. The summed E-state index contributed by atoms with van der Waals surface area (Å²) in [4.78, 5) is 32.1. The number of aromatic nitrogens is 1. The molecular weight excluding hydrogens is 355 g/mol. The number of halogens is 1. The predicted octanol–water partition coefficient (Wildman–Crippen LogP) is 1.72. The van der Waals surface area contributed by atoms with E-state index in [0.29, 0.717) is 16.9 Å². The first-order valence-electron chi connectivity index (χ1n) is 8.21. The van der Waals surface area contributed by atoms with Crippen molar-refractivity contribution in [1.29, 1.82) is 0 Å². The Balaban J connectivity index is 2.21. The molecule has 0 aliphatic heterocycles. The van der Waals surface area contributed by atoms with Gasteiger partial charge < -0.3 is 14.8 Å². The number of rotatable bonds is 6. The summed E-state index contributed by atoms with van der Waals surface area (Å²) < 4.78 is 14.7. The number of hydrogen-bond acceptors (Lipinski definition) is 4. The van der Waals surface area contributed by atoms with E-state index in [4.69, 9.17) is 0 Å². The summed E-state index contributed by atoms with van der Waals surface area (Å²) in [6.45, 7) is 5.20. The highest BCUT2D eigenvalue weighted by Gasteiger charge is 2.12. The van der Waals surface area contributed by atoms with E-state index in [0.717, 1.165) is 17.1 Å². The molecule has 0 saturated heterocycles. The van der Waals surface area contributed by atoms with E-state index < -0.39 is 11.7 Å². The van der Waals surface area contributed by atoms with Gasteiger partial charge in [-0.3, -0.25) is 9.59 Å². The highest BCUT2D eigenvalue weighted by atomic mass is 32.1. The molecule has 0 fully saturated rings. The first kappa shape index (κ1) is 20.0. The Morgan fingerprint density at radius 2 is 1.88 bits per heavy atom. The molecule has 26 heavy (non-hydrogen) atoms. The standard InChI is InChI=1S/C18H23FN4O2S/c1-12-13(2)26-18(21-17(25)14-5-7-15(19)8-6-14)23(12)11-16(24)20-9-10-22(3)4/h5-8H,9-11H2,1-4H3,(H,20,24). The fraction of sp³-hybridized carbons (Fsp3) is 0.389. The molecule has 0 spiro atoms. The van der Waals surface area contributed by atoms with Crippen LogP contribution in [0.1, 0.15) is 20.9 Å². The van der Waals surface area contributed by atoms with Gasteiger partial charge in [-0.1, -0.05) is 0 Å². The maximum Gasteiger partial charge on any atom is 0.279 e. The molecule has 2 rings (SSSR count). The van der Waals surface area contributed by atoms with Gasteiger partial charge >= 0.3 is 0 Å². The third-order valence-corrected chi connectivity index (χ3v) is 4.96. The van der Waals surface area contributed by atoms with Crippen LogP contribution in [-0.2, 0) is 11.3 Å². The molecule has 1 N–H and O–H groups in total. The van der Waals surface area contributed by atoms with Crippen molar-refractivity contribution in [3.05, 3.63) is 51.0 Å². The van der Waals surface area contributed by atoms with Crippen LogP contribution in [0, 0.1) is 19.7 Å². The molecule has 0 radical (unpaired) electrons. The number of nitrogens with one attached hydrogen (secondary N) is 1. The average Bonchev–Trinajstić information content (AvgIpc) is 2.82. The molecule has 1 heterocycles. The second kappa shape index (κ2) is 8.86. The first-order chi connectivity index (χ1) is 12.3. The van der Waals surface area contributed by atoms with Gasteiger partial charge in [-0.05, 0) is 52.2 Å². The summed E-state index contributed by atoms with van der Waals surface area (Å²) in [7, 11) is 3.87. The molecule has 0 aliphatic carbocycles. The minimum absolute atomic E-state index is 0.0964. The first-order valence-corrected chi connectivity index (χ1v) is 9.02. The highest BCUT2D eigenvalue weighted by molar-refractivity contribution is 7.09. The maximum atomic E-state index is 13.0. The Kier molecular flexibility index (Phi) is 6.82. The molecule has 0 bridgehead atoms. The SMILES string of the molecule is Cc1sc(=NC(=O)c2ccc(F)cc2)n(CC(=O)NCCN(C)C)c1C. The molecule has 0 unspecified atom stereocenters. The van der Waals surface area contributed by atoms with Gasteiger partial charge in [-0.15, -0.1) is 11.3 Å². The van der Waals surface area contributed by atoms with Crippen LogP contribution in [0.25, 0.3) is 0 Å². The van der Waals surface area contributed by atoms with Gasteiger partial charge in [-0.25, -0.2) is 4.39 Å². The summed E-state index contributed by atoms with van der Waals surface area (Å²) in [5.41, 5.74) is 1.19. The quantitative estimate of drug-likeness (QED) is 0.832. The Morgan fingerprint density at radius 3 is 2.50 bits per heavy atom. The van der Waals surface area contributed by atoms with Crippen molar-refractivity contribution in [2.24, 2.45) is 4.99 Å². The van der Waals surface area contributed by atoms with Crippen LogP contribution in [0.4, 0.5) is 4.39 Å². The van der Waals surface area contributed by atoms with Crippen molar-refractivity contribution in [3.63, 3.8) is 0 Å². The number of thiazole rings is 1. The predicted molar refractivity (Wildman–Crippen MR) is 99.6 cm³/mol. The summed E-state index contributed by atoms with van der Waals surface area (Å²) >= 11 is 1.35. The van der Waals surface area contributed by atoms with Crippen LogP contribution < -0.4 is 10.1 Å². The number of benzene rings is 1. The van der Waals surface area contributed by atoms with Crippen molar-refractivity contribution in [2.75, 3.05) is 27.2 Å². The van der Waals surface area contributed by atoms with E-state index in [1.54, 1.807) is 4.57 Å². The number of likely N-dealkylation sites (N-methyl/N-ethyl adjacent to an activating group) is 1. The van der Waals surface area contributed by atoms with Crippen LogP contribution in [0.3, 0.4) is 0 Å². The molecule has 1 aromatic carbocycles. The average molecular weight is 378 g/mol. The molecule has 0 saturated carbocycles. The van der Waals surface area contributed by atoms with Crippen LogP contribution in [-0.4, -0.2) is 48.5 Å². The minimum Gasteiger partial charge on any atom is -0.353 e. The largest absolute Gasteiger partial charge is 0.353 e. The Morgan fingerprint density at radius 1 is 1.23 bits per heavy atom. The lowest BCUT2D eigenvalue weighted by atomic mass is 10.2. The van der Waals surface area contributed by atoms with Gasteiger partial charge in [0.25, 0.3) is 5.91 Å². The van der Waals surface area contributed by atoms with Crippen molar-refractivity contribution in [1.82, 2.24) is 14.8 Å². The lowest BCUT2D eigenvalue weighted by Crippen LogP contribution is -2.35.